The number of rotatable bonds is 8. The van der Waals surface area contributed by atoms with E-state index in [0.717, 1.165) is 32.1 Å². The number of hydrogen-bond donors (Lipinski definition) is 1. The van der Waals surface area contributed by atoms with Crippen molar-refractivity contribution in [3.63, 3.8) is 0 Å². The summed E-state index contributed by atoms with van der Waals surface area (Å²) < 4.78 is 0. The van der Waals surface area contributed by atoms with Gasteiger partial charge in [0, 0.05) is 32.7 Å². The highest BCUT2D eigenvalue weighted by molar-refractivity contribution is 5.79. The van der Waals surface area contributed by atoms with Crippen molar-refractivity contribution in [1.82, 2.24) is 15.1 Å². The van der Waals surface area contributed by atoms with E-state index in [4.69, 9.17) is 0 Å². The van der Waals surface area contributed by atoms with Gasteiger partial charge in [0.05, 0.1) is 6.54 Å². The molecule has 4 nitrogen and oxygen atoms in total. The summed E-state index contributed by atoms with van der Waals surface area (Å²) >= 11 is 0. The van der Waals surface area contributed by atoms with Crippen LogP contribution in [0, 0.1) is 0 Å². The molecule has 0 aliphatic carbocycles. The Hall–Kier alpha value is -0.770. The first-order chi connectivity index (χ1) is 8.52. The van der Waals surface area contributed by atoms with Crippen LogP contribution < -0.4 is 5.32 Å². The second kappa shape index (κ2) is 10.2. The summed E-state index contributed by atoms with van der Waals surface area (Å²) in [5.41, 5.74) is 0. The van der Waals surface area contributed by atoms with Crippen LogP contribution in [0.1, 0.15) is 40.5 Å². The normalized spacial score (nSPS) is 12.3. The van der Waals surface area contributed by atoms with Gasteiger partial charge in [0.25, 0.3) is 0 Å². The Morgan fingerprint density at radius 1 is 1.17 bits per heavy atom. The lowest BCUT2D eigenvalue weighted by Gasteiger charge is -2.23. The van der Waals surface area contributed by atoms with E-state index < -0.39 is 0 Å². The van der Waals surface area contributed by atoms with Crippen LogP contribution in [0.25, 0.3) is 0 Å². The van der Waals surface area contributed by atoms with Gasteiger partial charge < -0.3 is 15.1 Å². The van der Waals surface area contributed by atoms with E-state index >= 15 is 0 Å². The molecule has 0 heterocycles. The fourth-order valence-corrected chi connectivity index (χ4v) is 1.54. The number of guanidine groups is 1. The molecule has 0 unspecified atom stereocenters. The lowest BCUT2D eigenvalue weighted by atomic mass is 10.3. The molecular weight excluding hydrogens is 224 g/mol. The number of nitrogens with zero attached hydrogens (tertiary/aromatic N) is 3. The Labute approximate surface area is 113 Å². The zero-order valence-corrected chi connectivity index (χ0v) is 13.2. The molecule has 18 heavy (non-hydrogen) atoms. The third kappa shape index (κ3) is 7.54. The zero-order valence-electron chi connectivity index (χ0n) is 13.2. The molecule has 0 aliphatic rings. The van der Waals surface area contributed by atoms with E-state index in [0.29, 0.717) is 6.04 Å². The van der Waals surface area contributed by atoms with Gasteiger partial charge in [0.15, 0.2) is 5.96 Å². The van der Waals surface area contributed by atoms with E-state index in [2.05, 4.69) is 61.9 Å². The van der Waals surface area contributed by atoms with Gasteiger partial charge in [0.2, 0.25) is 0 Å². The van der Waals surface area contributed by atoms with Gasteiger partial charge in [-0.25, -0.2) is 0 Å². The molecule has 0 rings (SSSR count). The average molecular weight is 256 g/mol. The quantitative estimate of drug-likeness (QED) is 0.532. The molecule has 4 heteroatoms. The van der Waals surface area contributed by atoms with Crippen molar-refractivity contribution >= 4 is 5.96 Å². The standard InChI is InChI=1S/C14H32N4/c1-7-9-11-18(6)14(15-8-2)16-10-12-17(5)13(3)4/h13H,7-12H2,1-6H3,(H,15,16). The molecule has 0 radical (unpaired) electrons. The molecule has 0 aliphatic heterocycles. The fourth-order valence-electron chi connectivity index (χ4n) is 1.54. The van der Waals surface area contributed by atoms with Gasteiger partial charge in [-0.05, 0) is 34.2 Å². The van der Waals surface area contributed by atoms with Crippen molar-refractivity contribution in [2.24, 2.45) is 4.99 Å². The first-order valence-electron chi connectivity index (χ1n) is 7.22. The van der Waals surface area contributed by atoms with Crippen molar-refractivity contribution in [3.8, 4) is 0 Å². The molecule has 0 saturated heterocycles. The molecule has 0 aromatic heterocycles. The third-order valence-corrected chi connectivity index (χ3v) is 3.14. The van der Waals surface area contributed by atoms with Crippen LogP contribution in [-0.2, 0) is 0 Å². The summed E-state index contributed by atoms with van der Waals surface area (Å²) in [5, 5.41) is 3.35. The fraction of sp³-hybridized carbons (Fsp3) is 0.929. The second-order valence-electron chi connectivity index (χ2n) is 5.09. The Bertz CT molecular complexity index is 226. The van der Waals surface area contributed by atoms with Crippen LogP contribution in [0.4, 0.5) is 0 Å². The van der Waals surface area contributed by atoms with Gasteiger partial charge in [0.1, 0.15) is 0 Å². The molecule has 0 aromatic carbocycles. The molecule has 0 amide bonds. The predicted molar refractivity (Wildman–Crippen MR) is 81.3 cm³/mol. The highest BCUT2D eigenvalue weighted by atomic mass is 15.3. The largest absolute Gasteiger partial charge is 0.357 e. The Balaban J connectivity index is 4.21. The van der Waals surface area contributed by atoms with Gasteiger partial charge >= 0.3 is 0 Å². The van der Waals surface area contributed by atoms with Crippen molar-refractivity contribution in [1.29, 1.82) is 0 Å². The summed E-state index contributed by atoms with van der Waals surface area (Å²) in [5.74, 6) is 1.03. The molecule has 0 aromatic rings. The first kappa shape index (κ1) is 17.2. The van der Waals surface area contributed by atoms with E-state index in [-0.39, 0.29) is 0 Å². The predicted octanol–water partition coefficient (Wildman–Crippen LogP) is 2.02. The maximum Gasteiger partial charge on any atom is 0.193 e. The molecule has 0 fully saturated rings. The van der Waals surface area contributed by atoms with Crippen LogP contribution in [0.3, 0.4) is 0 Å². The highest BCUT2D eigenvalue weighted by Crippen LogP contribution is 1.95. The average Bonchev–Trinajstić information content (AvgIpc) is 2.34. The van der Waals surface area contributed by atoms with Gasteiger partial charge in [-0.1, -0.05) is 13.3 Å². The lowest BCUT2D eigenvalue weighted by molar-refractivity contribution is 0.281. The maximum atomic E-state index is 4.68. The third-order valence-electron chi connectivity index (χ3n) is 3.14. The number of unbranched alkanes of at least 4 members (excludes halogenated alkanes) is 1. The van der Waals surface area contributed by atoms with Crippen molar-refractivity contribution in [2.75, 3.05) is 40.3 Å². The van der Waals surface area contributed by atoms with E-state index in [1.54, 1.807) is 0 Å². The lowest BCUT2D eigenvalue weighted by Crippen LogP contribution is -2.40. The molecule has 0 atom stereocenters. The number of likely N-dealkylation sites (N-methyl/N-ethyl adjacent to an activating group) is 1. The summed E-state index contributed by atoms with van der Waals surface area (Å²) in [6.07, 6.45) is 2.44. The molecule has 0 bridgehead atoms. The van der Waals surface area contributed by atoms with Crippen molar-refractivity contribution < 1.29 is 0 Å². The van der Waals surface area contributed by atoms with E-state index in [1.165, 1.54) is 12.8 Å². The smallest absolute Gasteiger partial charge is 0.193 e. The topological polar surface area (TPSA) is 30.9 Å². The van der Waals surface area contributed by atoms with Gasteiger partial charge in [-0.2, -0.15) is 0 Å². The van der Waals surface area contributed by atoms with E-state index in [9.17, 15) is 0 Å². The minimum absolute atomic E-state index is 0.584. The number of aliphatic imine (C=N–C) groups is 1. The molecule has 0 spiro atoms. The van der Waals surface area contributed by atoms with Gasteiger partial charge in [-0.3, -0.25) is 4.99 Å². The summed E-state index contributed by atoms with van der Waals surface area (Å²) in [6.45, 7) is 12.6. The van der Waals surface area contributed by atoms with Crippen LogP contribution in [0.5, 0.6) is 0 Å². The summed E-state index contributed by atoms with van der Waals surface area (Å²) in [4.78, 5) is 9.22. The van der Waals surface area contributed by atoms with Gasteiger partial charge in [-0.15, -0.1) is 0 Å². The second-order valence-corrected chi connectivity index (χ2v) is 5.09. The van der Waals surface area contributed by atoms with Crippen LogP contribution >= 0.6 is 0 Å². The molecule has 0 saturated carbocycles. The summed E-state index contributed by atoms with van der Waals surface area (Å²) in [7, 11) is 4.26. The molecule has 1 N–H and O–H groups in total. The van der Waals surface area contributed by atoms with Crippen LogP contribution in [0.2, 0.25) is 0 Å². The summed E-state index contributed by atoms with van der Waals surface area (Å²) in [6, 6.07) is 0.584. The van der Waals surface area contributed by atoms with Crippen LogP contribution in [0.15, 0.2) is 4.99 Å². The SMILES string of the molecule is CCCCN(C)C(=NCCN(C)C(C)C)NCC. The first-order valence-corrected chi connectivity index (χ1v) is 7.22. The van der Waals surface area contributed by atoms with E-state index in [1.807, 2.05) is 0 Å². The minimum atomic E-state index is 0.584. The Kier molecular flexibility index (Phi) is 9.74. The van der Waals surface area contributed by atoms with Crippen molar-refractivity contribution in [3.05, 3.63) is 0 Å². The Morgan fingerprint density at radius 2 is 1.83 bits per heavy atom. The number of hydrogen-bond acceptors (Lipinski definition) is 2. The minimum Gasteiger partial charge on any atom is -0.357 e. The van der Waals surface area contributed by atoms with Crippen molar-refractivity contribution in [2.45, 2.75) is 46.6 Å². The number of nitrogens with one attached hydrogen (secondary N) is 1. The molecular formula is C14H32N4. The molecule has 108 valence electrons. The maximum absolute atomic E-state index is 4.68. The monoisotopic (exact) mass is 256 g/mol. The Morgan fingerprint density at radius 3 is 2.33 bits per heavy atom. The highest BCUT2D eigenvalue weighted by Gasteiger charge is 2.05. The zero-order chi connectivity index (χ0) is 14.0. The van der Waals surface area contributed by atoms with Crippen LogP contribution in [-0.4, -0.2) is 62.1 Å².